The van der Waals surface area contributed by atoms with E-state index in [0.717, 1.165) is 21.3 Å². The maximum atomic E-state index is 7.63. The molecule has 3 N–H and O–H groups in total. The van der Waals surface area contributed by atoms with Crippen LogP contribution in [0.1, 0.15) is 50.2 Å². The standard InChI is InChI=1S/C12H21N3S2/c1-7(2)16-6-8-15-10(12(3,4)5)9(17-8)11(13)14/h7H,6H2,1-5H3,(H3,13,14). The molecule has 1 aromatic rings. The topological polar surface area (TPSA) is 62.8 Å². The van der Waals surface area contributed by atoms with Crippen LogP contribution < -0.4 is 5.73 Å². The predicted octanol–water partition coefficient (Wildman–Crippen LogP) is 3.37. The molecule has 0 atom stereocenters. The van der Waals surface area contributed by atoms with E-state index in [-0.39, 0.29) is 11.3 Å². The lowest BCUT2D eigenvalue weighted by molar-refractivity contribution is 0.570. The molecule has 0 radical (unpaired) electrons. The van der Waals surface area contributed by atoms with Crippen LogP contribution in [0.5, 0.6) is 0 Å². The summed E-state index contributed by atoms with van der Waals surface area (Å²) in [5, 5.41) is 9.29. The monoisotopic (exact) mass is 271 g/mol. The molecule has 5 heteroatoms. The first-order valence-electron chi connectivity index (χ1n) is 5.68. The maximum Gasteiger partial charge on any atom is 0.135 e. The van der Waals surface area contributed by atoms with Crippen LogP contribution >= 0.6 is 23.1 Å². The Hall–Kier alpha value is -0.550. The van der Waals surface area contributed by atoms with Crippen molar-refractivity contribution in [1.82, 2.24) is 4.98 Å². The van der Waals surface area contributed by atoms with Crippen molar-refractivity contribution in [3.8, 4) is 0 Å². The smallest absolute Gasteiger partial charge is 0.135 e. The Morgan fingerprint density at radius 1 is 1.47 bits per heavy atom. The van der Waals surface area contributed by atoms with Crippen molar-refractivity contribution >= 4 is 28.9 Å². The zero-order chi connectivity index (χ0) is 13.2. The second-order valence-electron chi connectivity index (χ2n) is 5.31. The summed E-state index contributed by atoms with van der Waals surface area (Å²) in [5.74, 6) is 1.03. The van der Waals surface area contributed by atoms with Crippen LogP contribution in [0.2, 0.25) is 0 Å². The molecule has 1 heterocycles. The molecule has 0 unspecified atom stereocenters. The summed E-state index contributed by atoms with van der Waals surface area (Å²) in [6.45, 7) is 10.7. The first-order chi connectivity index (χ1) is 7.71. The normalized spacial score (nSPS) is 12.1. The minimum absolute atomic E-state index is 0.0573. The number of nitrogens with two attached hydrogens (primary N) is 1. The lowest BCUT2D eigenvalue weighted by Gasteiger charge is -2.16. The van der Waals surface area contributed by atoms with Crippen LogP contribution in [0.4, 0.5) is 0 Å². The van der Waals surface area contributed by atoms with Crippen molar-refractivity contribution in [2.45, 2.75) is 51.0 Å². The third-order valence-electron chi connectivity index (χ3n) is 2.17. The van der Waals surface area contributed by atoms with E-state index < -0.39 is 0 Å². The second kappa shape index (κ2) is 5.40. The summed E-state index contributed by atoms with van der Waals surface area (Å²) >= 11 is 3.42. The van der Waals surface area contributed by atoms with Crippen LogP contribution in [0.15, 0.2) is 0 Å². The van der Waals surface area contributed by atoms with Gasteiger partial charge in [0.25, 0.3) is 0 Å². The summed E-state index contributed by atoms with van der Waals surface area (Å²) in [6.07, 6.45) is 0. The first-order valence-corrected chi connectivity index (χ1v) is 7.54. The van der Waals surface area contributed by atoms with Gasteiger partial charge < -0.3 is 5.73 Å². The Morgan fingerprint density at radius 3 is 2.41 bits per heavy atom. The third-order valence-corrected chi connectivity index (χ3v) is 4.54. The zero-order valence-corrected chi connectivity index (χ0v) is 12.8. The molecule has 3 nitrogen and oxygen atoms in total. The average molecular weight is 271 g/mol. The van der Waals surface area contributed by atoms with E-state index in [9.17, 15) is 0 Å². The lowest BCUT2D eigenvalue weighted by atomic mass is 9.91. The van der Waals surface area contributed by atoms with Gasteiger partial charge in [0.1, 0.15) is 10.8 Å². The lowest BCUT2D eigenvalue weighted by Crippen LogP contribution is -2.19. The largest absolute Gasteiger partial charge is 0.383 e. The minimum Gasteiger partial charge on any atom is -0.383 e. The zero-order valence-electron chi connectivity index (χ0n) is 11.1. The molecule has 17 heavy (non-hydrogen) atoms. The number of amidine groups is 1. The fraction of sp³-hybridized carbons (Fsp3) is 0.667. The number of hydrogen-bond acceptors (Lipinski definition) is 4. The highest BCUT2D eigenvalue weighted by Crippen LogP contribution is 2.31. The molecule has 0 bridgehead atoms. The number of nitrogens with one attached hydrogen (secondary N) is 1. The van der Waals surface area contributed by atoms with E-state index in [1.165, 1.54) is 0 Å². The Kier molecular flexibility index (Phi) is 4.61. The molecule has 0 aliphatic carbocycles. The minimum atomic E-state index is -0.0573. The van der Waals surface area contributed by atoms with Crippen molar-refractivity contribution in [2.24, 2.45) is 5.73 Å². The molecule has 96 valence electrons. The van der Waals surface area contributed by atoms with Gasteiger partial charge in [-0.2, -0.15) is 11.8 Å². The Bertz CT molecular complexity index is 402. The molecule has 0 aliphatic rings. The van der Waals surface area contributed by atoms with Gasteiger partial charge in [0.05, 0.1) is 10.6 Å². The summed E-state index contributed by atoms with van der Waals surface area (Å²) < 4.78 is 0. The molecular formula is C12H21N3S2. The number of thioether (sulfide) groups is 1. The van der Waals surface area contributed by atoms with E-state index in [4.69, 9.17) is 11.1 Å². The summed E-state index contributed by atoms with van der Waals surface area (Å²) in [6, 6.07) is 0. The molecule has 0 spiro atoms. The molecule has 0 saturated carbocycles. The van der Waals surface area contributed by atoms with Gasteiger partial charge >= 0.3 is 0 Å². The van der Waals surface area contributed by atoms with E-state index in [1.54, 1.807) is 11.3 Å². The quantitative estimate of drug-likeness (QED) is 0.652. The molecule has 1 rings (SSSR count). The molecule has 1 aromatic heterocycles. The van der Waals surface area contributed by atoms with Crippen molar-refractivity contribution in [3.63, 3.8) is 0 Å². The number of thiazole rings is 1. The van der Waals surface area contributed by atoms with Gasteiger partial charge in [-0.05, 0) is 5.25 Å². The average Bonchev–Trinajstić information content (AvgIpc) is 2.57. The van der Waals surface area contributed by atoms with Crippen LogP contribution in [-0.2, 0) is 11.2 Å². The van der Waals surface area contributed by atoms with E-state index in [1.807, 2.05) is 11.8 Å². The van der Waals surface area contributed by atoms with E-state index >= 15 is 0 Å². The number of nitrogens with zero attached hydrogens (tertiary/aromatic N) is 1. The molecule has 0 saturated heterocycles. The first kappa shape index (κ1) is 14.5. The molecular weight excluding hydrogens is 250 g/mol. The SMILES string of the molecule is CC(C)SCc1nc(C(C)(C)C)c(C(=N)N)s1. The fourth-order valence-electron chi connectivity index (χ4n) is 1.35. The molecule has 0 fully saturated rings. The van der Waals surface area contributed by atoms with E-state index in [2.05, 4.69) is 39.6 Å². The molecule has 0 aliphatic heterocycles. The van der Waals surface area contributed by atoms with Crippen molar-refractivity contribution < 1.29 is 0 Å². The predicted molar refractivity (Wildman–Crippen MR) is 78.3 cm³/mol. The summed E-state index contributed by atoms with van der Waals surface area (Å²) in [7, 11) is 0. The van der Waals surface area contributed by atoms with Gasteiger partial charge in [-0.15, -0.1) is 11.3 Å². The van der Waals surface area contributed by atoms with Crippen LogP contribution in [-0.4, -0.2) is 16.1 Å². The van der Waals surface area contributed by atoms with Gasteiger partial charge in [-0.25, -0.2) is 4.98 Å². The number of hydrogen-bond donors (Lipinski definition) is 2. The molecule has 0 amide bonds. The van der Waals surface area contributed by atoms with Crippen molar-refractivity contribution in [1.29, 1.82) is 5.41 Å². The van der Waals surface area contributed by atoms with Crippen molar-refractivity contribution in [2.75, 3.05) is 0 Å². The van der Waals surface area contributed by atoms with Gasteiger partial charge in [-0.1, -0.05) is 34.6 Å². The van der Waals surface area contributed by atoms with Gasteiger partial charge in [0, 0.05) is 11.2 Å². The number of aromatic nitrogens is 1. The highest BCUT2D eigenvalue weighted by atomic mass is 32.2. The molecule has 0 aromatic carbocycles. The summed E-state index contributed by atoms with van der Waals surface area (Å²) in [5.41, 5.74) is 6.52. The number of nitrogen functional groups attached to an aromatic ring is 1. The van der Waals surface area contributed by atoms with E-state index in [0.29, 0.717) is 5.25 Å². The highest BCUT2D eigenvalue weighted by Gasteiger charge is 2.24. The van der Waals surface area contributed by atoms with Gasteiger partial charge in [0.15, 0.2) is 0 Å². The van der Waals surface area contributed by atoms with Crippen LogP contribution in [0, 0.1) is 5.41 Å². The highest BCUT2D eigenvalue weighted by molar-refractivity contribution is 7.99. The van der Waals surface area contributed by atoms with Gasteiger partial charge in [0.2, 0.25) is 0 Å². The van der Waals surface area contributed by atoms with Crippen LogP contribution in [0.3, 0.4) is 0 Å². The summed E-state index contributed by atoms with van der Waals surface area (Å²) in [4.78, 5) is 5.48. The fourth-order valence-corrected chi connectivity index (χ4v) is 3.27. The Labute approximate surface area is 112 Å². The van der Waals surface area contributed by atoms with Crippen LogP contribution in [0.25, 0.3) is 0 Å². The number of rotatable bonds is 4. The van der Waals surface area contributed by atoms with Crippen molar-refractivity contribution in [3.05, 3.63) is 15.6 Å². The Balaban J connectivity index is 3.01. The second-order valence-corrected chi connectivity index (χ2v) is 7.96. The third kappa shape index (κ3) is 4.00. The Morgan fingerprint density at radius 2 is 2.06 bits per heavy atom. The van der Waals surface area contributed by atoms with Gasteiger partial charge in [-0.3, -0.25) is 5.41 Å². The maximum absolute atomic E-state index is 7.63.